The van der Waals surface area contributed by atoms with Crippen LogP contribution in [0.4, 0.5) is 0 Å². The summed E-state index contributed by atoms with van der Waals surface area (Å²) in [4.78, 5) is 13.7. The van der Waals surface area contributed by atoms with Gasteiger partial charge in [0.1, 0.15) is 0 Å². The van der Waals surface area contributed by atoms with Gasteiger partial charge in [-0.2, -0.15) is 0 Å². The van der Waals surface area contributed by atoms with E-state index in [1.807, 2.05) is 0 Å². The standard InChI is InChI=1S/C13H22N2O3S/c1-2-3-4-5-6-10(7-8-16)15-12(18)9-11(17)14-13(15)19/h9-10,16,18H,2-8H2,1H3,(H,14,17,19). The highest BCUT2D eigenvalue weighted by molar-refractivity contribution is 7.71. The maximum absolute atomic E-state index is 11.2. The summed E-state index contributed by atoms with van der Waals surface area (Å²) in [5.74, 6) is -0.136. The Morgan fingerprint density at radius 2 is 2.11 bits per heavy atom. The van der Waals surface area contributed by atoms with E-state index in [0.717, 1.165) is 31.7 Å². The summed E-state index contributed by atoms with van der Waals surface area (Å²) >= 11 is 5.08. The zero-order chi connectivity index (χ0) is 14.3. The van der Waals surface area contributed by atoms with E-state index in [0.29, 0.717) is 6.42 Å². The van der Waals surface area contributed by atoms with Crippen molar-refractivity contribution >= 4 is 12.2 Å². The third-order valence-corrected chi connectivity index (χ3v) is 3.47. The van der Waals surface area contributed by atoms with Crippen molar-refractivity contribution in [1.82, 2.24) is 9.55 Å². The Labute approximate surface area is 117 Å². The Balaban J connectivity index is 2.86. The van der Waals surface area contributed by atoms with Gasteiger partial charge in [0, 0.05) is 12.6 Å². The van der Waals surface area contributed by atoms with Gasteiger partial charge in [0.2, 0.25) is 0 Å². The van der Waals surface area contributed by atoms with Gasteiger partial charge in [-0.25, -0.2) is 0 Å². The van der Waals surface area contributed by atoms with Crippen molar-refractivity contribution in [3.05, 3.63) is 21.2 Å². The fraction of sp³-hybridized carbons (Fsp3) is 0.692. The fourth-order valence-corrected chi connectivity index (χ4v) is 2.55. The largest absolute Gasteiger partial charge is 0.494 e. The third-order valence-electron chi connectivity index (χ3n) is 3.17. The molecule has 0 aliphatic rings. The van der Waals surface area contributed by atoms with Crippen LogP contribution in [0.25, 0.3) is 0 Å². The number of aliphatic hydroxyl groups excluding tert-OH is 1. The second kappa shape index (κ2) is 8.12. The monoisotopic (exact) mass is 286 g/mol. The van der Waals surface area contributed by atoms with Crippen molar-refractivity contribution in [3.8, 4) is 5.88 Å². The molecule has 3 N–H and O–H groups in total. The zero-order valence-electron chi connectivity index (χ0n) is 11.3. The first-order valence-electron chi connectivity index (χ1n) is 6.75. The van der Waals surface area contributed by atoms with Crippen LogP contribution >= 0.6 is 12.2 Å². The van der Waals surface area contributed by atoms with Crippen LogP contribution in [-0.2, 0) is 0 Å². The van der Waals surface area contributed by atoms with Crippen molar-refractivity contribution in [1.29, 1.82) is 0 Å². The summed E-state index contributed by atoms with van der Waals surface area (Å²) in [6, 6.07) is 1.04. The number of nitrogens with one attached hydrogen (secondary N) is 1. The first-order valence-corrected chi connectivity index (χ1v) is 7.16. The zero-order valence-corrected chi connectivity index (χ0v) is 12.1. The second-order valence-electron chi connectivity index (χ2n) is 4.68. The number of hydrogen-bond acceptors (Lipinski definition) is 4. The molecule has 1 atom stereocenters. The summed E-state index contributed by atoms with van der Waals surface area (Å²) in [6.07, 6.45) is 5.81. The molecule has 0 amide bonds. The first-order chi connectivity index (χ1) is 9.10. The van der Waals surface area contributed by atoms with E-state index in [1.165, 1.54) is 11.0 Å². The molecule has 0 bridgehead atoms. The van der Waals surface area contributed by atoms with E-state index in [9.17, 15) is 9.90 Å². The normalized spacial score (nSPS) is 12.5. The third kappa shape index (κ3) is 4.80. The van der Waals surface area contributed by atoms with E-state index < -0.39 is 5.56 Å². The van der Waals surface area contributed by atoms with Crippen LogP contribution < -0.4 is 5.56 Å². The van der Waals surface area contributed by atoms with Crippen LogP contribution in [0, 0.1) is 4.77 Å². The number of H-pyrrole nitrogens is 1. The van der Waals surface area contributed by atoms with Gasteiger partial charge in [0.15, 0.2) is 10.7 Å². The summed E-state index contributed by atoms with van der Waals surface area (Å²) < 4.78 is 1.73. The maximum Gasteiger partial charge on any atom is 0.255 e. The average molecular weight is 286 g/mol. The molecule has 1 heterocycles. The van der Waals surface area contributed by atoms with Gasteiger partial charge in [-0.05, 0) is 25.1 Å². The summed E-state index contributed by atoms with van der Waals surface area (Å²) in [6.45, 7) is 2.17. The van der Waals surface area contributed by atoms with Crippen molar-refractivity contribution in [3.63, 3.8) is 0 Å². The lowest BCUT2D eigenvalue weighted by atomic mass is 10.0. The molecule has 6 heteroatoms. The molecule has 0 saturated carbocycles. The summed E-state index contributed by atoms with van der Waals surface area (Å²) in [7, 11) is 0. The molecule has 0 aliphatic heterocycles. The number of rotatable bonds is 8. The molecule has 0 spiro atoms. The highest BCUT2D eigenvalue weighted by atomic mass is 32.1. The number of hydrogen-bond donors (Lipinski definition) is 3. The van der Waals surface area contributed by atoms with Crippen molar-refractivity contribution in [2.24, 2.45) is 0 Å². The molecule has 1 aromatic rings. The Hall–Kier alpha value is -1.14. The minimum atomic E-state index is -0.410. The Bertz CT molecular complexity index is 495. The topological polar surface area (TPSA) is 78.2 Å². The van der Waals surface area contributed by atoms with Gasteiger partial charge in [0.05, 0.1) is 6.07 Å². The maximum atomic E-state index is 11.2. The number of aromatic nitrogens is 2. The van der Waals surface area contributed by atoms with Crippen molar-refractivity contribution in [2.75, 3.05) is 6.61 Å². The summed E-state index contributed by atoms with van der Waals surface area (Å²) in [5, 5.41) is 19.0. The molecule has 0 fully saturated rings. The van der Waals surface area contributed by atoms with Gasteiger partial charge in [0.25, 0.3) is 5.56 Å². The minimum absolute atomic E-state index is 0.0266. The lowest BCUT2D eigenvalue weighted by Crippen LogP contribution is -2.18. The number of nitrogens with zero attached hydrogens (tertiary/aromatic N) is 1. The lowest BCUT2D eigenvalue weighted by molar-refractivity contribution is 0.239. The molecule has 19 heavy (non-hydrogen) atoms. The van der Waals surface area contributed by atoms with Gasteiger partial charge in [-0.3, -0.25) is 14.3 Å². The first kappa shape index (κ1) is 15.9. The predicted octanol–water partition coefficient (Wildman–Crippen LogP) is 2.51. The number of unbranched alkanes of at least 4 members (excludes halogenated alkanes) is 3. The van der Waals surface area contributed by atoms with Crippen LogP contribution in [0.1, 0.15) is 51.5 Å². The molecular weight excluding hydrogens is 264 g/mol. The van der Waals surface area contributed by atoms with Crippen molar-refractivity contribution < 1.29 is 10.2 Å². The average Bonchev–Trinajstić information content (AvgIpc) is 2.33. The van der Waals surface area contributed by atoms with Crippen molar-refractivity contribution in [2.45, 2.75) is 51.5 Å². The van der Waals surface area contributed by atoms with Gasteiger partial charge < -0.3 is 10.2 Å². The van der Waals surface area contributed by atoms with Crippen LogP contribution in [0.3, 0.4) is 0 Å². The summed E-state index contributed by atoms with van der Waals surface area (Å²) in [5.41, 5.74) is -0.410. The molecule has 1 unspecified atom stereocenters. The fourth-order valence-electron chi connectivity index (χ4n) is 2.20. The molecule has 1 rings (SSSR count). The quantitative estimate of drug-likeness (QED) is 0.507. The Kier molecular flexibility index (Phi) is 6.80. The van der Waals surface area contributed by atoms with E-state index in [4.69, 9.17) is 17.3 Å². The molecule has 0 aromatic carbocycles. The lowest BCUT2D eigenvalue weighted by Gasteiger charge is -2.20. The Morgan fingerprint density at radius 1 is 1.37 bits per heavy atom. The van der Waals surface area contributed by atoms with Gasteiger partial charge >= 0.3 is 0 Å². The molecule has 0 aliphatic carbocycles. The molecule has 0 saturated heterocycles. The minimum Gasteiger partial charge on any atom is -0.494 e. The molecule has 108 valence electrons. The van der Waals surface area contributed by atoms with Gasteiger partial charge in [-0.15, -0.1) is 0 Å². The van der Waals surface area contributed by atoms with Gasteiger partial charge in [-0.1, -0.05) is 32.6 Å². The number of aromatic hydroxyl groups is 1. The smallest absolute Gasteiger partial charge is 0.255 e. The predicted molar refractivity (Wildman–Crippen MR) is 77.1 cm³/mol. The molecular formula is C13H22N2O3S. The van der Waals surface area contributed by atoms with E-state index in [2.05, 4.69) is 11.9 Å². The number of aliphatic hydroxyl groups is 1. The van der Waals surface area contributed by atoms with E-state index in [1.54, 1.807) is 0 Å². The van der Waals surface area contributed by atoms with Crippen LogP contribution in [-0.4, -0.2) is 26.4 Å². The highest BCUT2D eigenvalue weighted by Gasteiger charge is 2.14. The Morgan fingerprint density at radius 3 is 2.68 bits per heavy atom. The van der Waals surface area contributed by atoms with Crippen LogP contribution in [0.5, 0.6) is 5.88 Å². The van der Waals surface area contributed by atoms with Crippen LogP contribution in [0.15, 0.2) is 10.9 Å². The molecule has 5 nitrogen and oxygen atoms in total. The molecule has 1 aromatic heterocycles. The van der Waals surface area contributed by atoms with E-state index >= 15 is 0 Å². The highest BCUT2D eigenvalue weighted by Crippen LogP contribution is 2.24. The van der Waals surface area contributed by atoms with Crippen LogP contribution in [0.2, 0.25) is 0 Å². The molecule has 0 radical (unpaired) electrons. The van der Waals surface area contributed by atoms with E-state index in [-0.39, 0.29) is 23.3 Å². The SMILES string of the molecule is CCCCCCC(CCO)n1c(O)cc(=O)[nH]c1=S. The number of aromatic amines is 1. The second-order valence-corrected chi connectivity index (χ2v) is 5.07.